The van der Waals surface area contributed by atoms with Crippen LogP contribution >= 0.6 is 35.3 Å². The van der Waals surface area contributed by atoms with Gasteiger partial charge < -0.3 is 15.8 Å². The third-order valence-electron chi connectivity index (χ3n) is 2.97. The zero-order valence-corrected chi connectivity index (χ0v) is 14.9. The number of halogens is 2. The summed E-state index contributed by atoms with van der Waals surface area (Å²) in [6.07, 6.45) is 0.521. The number of nitrogens with two attached hydrogens (primary N) is 1. The van der Waals surface area contributed by atoms with Crippen molar-refractivity contribution < 1.29 is 9.53 Å². The van der Waals surface area contributed by atoms with Crippen LogP contribution in [0.15, 0.2) is 24.3 Å². The summed E-state index contributed by atoms with van der Waals surface area (Å²) in [7, 11) is 1.53. The SMILES string of the molecule is COC(CN)CC(=O)Nc1nnc(Cc2cccc(Cl)c2)s1.Cl. The highest BCUT2D eigenvalue weighted by atomic mass is 35.5. The van der Waals surface area contributed by atoms with Crippen LogP contribution in [-0.4, -0.2) is 35.9 Å². The minimum Gasteiger partial charge on any atom is -0.380 e. The second kappa shape index (κ2) is 9.79. The maximum Gasteiger partial charge on any atom is 0.228 e. The van der Waals surface area contributed by atoms with Crippen molar-refractivity contribution in [2.24, 2.45) is 5.73 Å². The molecule has 0 saturated heterocycles. The van der Waals surface area contributed by atoms with Crippen LogP contribution in [-0.2, 0) is 16.0 Å². The van der Waals surface area contributed by atoms with E-state index in [2.05, 4.69) is 15.5 Å². The molecule has 1 aromatic carbocycles. The molecule has 0 bridgehead atoms. The van der Waals surface area contributed by atoms with E-state index in [1.165, 1.54) is 18.4 Å². The number of anilines is 1. The van der Waals surface area contributed by atoms with Crippen molar-refractivity contribution in [1.29, 1.82) is 0 Å². The van der Waals surface area contributed by atoms with Crippen LogP contribution in [0.5, 0.6) is 0 Å². The molecule has 1 aromatic heterocycles. The fourth-order valence-corrected chi connectivity index (χ4v) is 2.84. The monoisotopic (exact) mass is 376 g/mol. The molecule has 9 heteroatoms. The standard InChI is InChI=1S/C14H17ClN4O2S.ClH/c1-21-11(8-16)7-12(20)17-14-19-18-13(22-14)6-9-3-2-4-10(15)5-9;/h2-5,11H,6-8,16H2,1H3,(H,17,19,20);1H. The molecule has 3 N–H and O–H groups in total. The van der Waals surface area contributed by atoms with E-state index in [4.69, 9.17) is 22.1 Å². The molecule has 0 radical (unpaired) electrons. The van der Waals surface area contributed by atoms with E-state index in [-0.39, 0.29) is 30.8 Å². The van der Waals surface area contributed by atoms with Gasteiger partial charge in [-0.1, -0.05) is 35.1 Å². The number of aromatic nitrogens is 2. The number of nitrogens with one attached hydrogen (secondary N) is 1. The minimum atomic E-state index is -0.293. The zero-order chi connectivity index (χ0) is 15.9. The van der Waals surface area contributed by atoms with Gasteiger partial charge >= 0.3 is 0 Å². The molecule has 126 valence electrons. The molecule has 1 amide bonds. The number of hydrogen-bond acceptors (Lipinski definition) is 6. The highest BCUT2D eigenvalue weighted by Crippen LogP contribution is 2.20. The Kier molecular flexibility index (Phi) is 8.43. The number of benzene rings is 1. The molecule has 0 aliphatic carbocycles. The molecule has 0 aliphatic heterocycles. The lowest BCUT2D eigenvalue weighted by molar-refractivity contribution is -0.118. The lowest BCUT2D eigenvalue weighted by atomic mass is 10.2. The second-order valence-corrected chi connectivity index (χ2v) is 6.15. The van der Waals surface area contributed by atoms with Crippen molar-refractivity contribution in [3.05, 3.63) is 39.9 Å². The van der Waals surface area contributed by atoms with E-state index in [0.29, 0.717) is 23.1 Å². The van der Waals surface area contributed by atoms with Gasteiger partial charge in [-0.05, 0) is 17.7 Å². The van der Waals surface area contributed by atoms with Crippen LogP contribution < -0.4 is 11.1 Å². The first kappa shape index (κ1) is 19.8. The van der Waals surface area contributed by atoms with Crippen molar-refractivity contribution in [3.63, 3.8) is 0 Å². The van der Waals surface area contributed by atoms with E-state index in [1.54, 1.807) is 0 Å². The molecule has 6 nitrogen and oxygen atoms in total. The molecule has 1 heterocycles. The van der Waals surface area contributed by atoms with Crippen molar-refractivity contribution >= 4 is 46.4 Å². The Hall–Kier alpha value is -1.25. The van der Waals surface area contributed by atoms with Crippen LogP contribution in [0.4, 0.5) is 5.13 Å². The summed E-state index contributed by atoms with van der Waals surface area (Å²) in [5.41, 5.74) is 6.53. The highest BCUT2D eigenvalue weighted by molar-refractivity contribution is 7.15. The highest BCUT2D eigenvalue weighted by Gasteiger charge is 2.14. The van der Waals surface area contributed by atoms with E-state index >= 15 is 0 Å². The van der Waals surface area contributed by atoms with Gasteiger partial charge in [-0.25, -0.2) is 0 Å². The Bertz CT molecular complexity index is 635. The zero-order valence-electron chi connectivity index (χ0n) is 12.5. The van der Waals surface area contributed by atoms with Crippen LogP contribution in [0.3, 0.4) is 0 Å². The maximum absolute atomic E-state index is 11.8. The number of methoxy groups -OCH3 is 1. The summed E-state index contributed by atoms with van der Waals surface area (Å²) in [6, 6.07) is 7.56. The van der Waals surface area contributed by atoms with Crippen LogP contribution in [0.25, 0.3) is 0 Å². The molecule has 1 unspecified atom stereocenters. The first-order valence-corrected chi connectivity index (χ1v) is 7.89. The van der Waals surface area contributed by atoms with E-state index in [0.717, 1.165) is 10.6 Å². The molecule has 0 spiro atoms. The molecule has 1 atom stereocenters. The van der Waals surface area contributed by atoms with Gasteiger partial charge in [0, 0.05) is 25.1 Å². The van der Waals surface area contributed by atoms with E-state index in [9.17, 15) is 4.79 Å². The Balaban J connectivity index is 0.00000264. The number of carbonyl (C=O) groups excluding carboxylic acids is 1. The first-order valence-electron chi connectivity index (χ1n) is 6.70. The van der Waals surface area contributed by atoms with Gasteiger partial charge in [-0.15, -0.1) is 22.6 Å². The summed E-state index contributed by atoms with van der Waals surface area (Å²) < 4.78 is 5.07. The van der Waals surface area contributed by atoms with Gasteiger partial charge in [0.1, 0.15) is 5.01 Å². The lowest BCUT2D eigenvalue weighted by Gasteiger charge is -2.11. The number of amides is 1. The Morgan fingerprint density at radius 3 is 2.91 bits per heavy atom. The molecule has 2 rings (SSSR count). The van der Waals surface area contributed by atoms with Gasteiger partial charge in [0.2, 0.25) is 11.0 Å². The molecule has 2 aromatic rings. The quantitative estimate of drug-likeness (QED) is 0.774. The Morgan fingerprint density at radius 1 is 1.48 bits per heavy atom. The molecule has 23 heavy (non-hydrogen) atoms. The summed E-state index contributed by atoms with van der Waals surface area (Å²) in [5.74, 6) is -0.192. The normalized spacial score (nSPS) is 11.6. The van der Waals surface area contributed by atoms with E-state index < -0.39 is 0 Å². The maximum atomic E-state index is 11.8. The topological polar surface area (TPSA) is 90.1 Å². The van der Waals surface area contributed by atoms with Crippen molar-refractivity contribution in [2.75, 3.05) is 19.0 Å². The predicted octanol–water partition coefficient (Wildman–Crippen LogP) is 2.51. The Labute approximate surface area is 149 Å². The van der Waals surface area contributed by atoms with Crippen molar-refractivity contribution in [2.45, 2.75) is 18.9 Å². The average molecular weight is 377 g/mol. The van der Waals surface area contributed by atoms with Crippen LogP contribution in [0.2, 0.25) is 5.02 Å². The number of carbonyl (C=O) groups is 1. The molecule has 0 aliphatic rings. The molecule has 0 fully saturated rings. The fourth-order valence-electron chi connectivity index (χ4n) is 1.84. The lowest BCUT2D eigenvalue weighted by Crippen LogP contribution is -2.28. The van der Waals surface area contributed by atoms with Gasteiger partial charge in [-0.2, -0.15) is 0 Å². The fraction of sp³-hybridized carbons (Fsp3) is 0.357. The molecule has 0 saturated carbocycles. The predicted molar refractivity (Wildman–Crippen MR) is 94.5 cm³/mol. The van der Waals surface area contributed by atoms with Gasteiger partial charge in [0.25, 0.3) is 0 Å². The number of hydrogen-bond donors (Lipinski definition) is 2. The number of nitrogens with zero attached hydrogens (tertiary/aromatic N) is 2. The second-order valence-electron chi connectivity index (χ2n) is 4.65. The molecular formula is C14H18Cl2N4O2S. The summed E-state index contributed by atoms with van der Waals surface area (Å²) in [5, 5.41) is 12.7. The van der Waals surface area contributed by atoms with Gasteiger partial charge in [0.15, 0.2) is 0 Å². The third-order valence-corrected chi connectivity index (χ3v) is 4.04. The summed E-state index contributed by atoms with van der Waals surface area (Å²) in [6.45, 7) is 0.292. The van der Waals surface area contributed by atoms with Crippen molar-refractivity contribution in [1.82, 2.24) is 10.2 Å². The van der Waals surface area contributed by atoms with Crippen LogP contribution in [0.1, 0.15) is 17.0 Å². The third kappa shape index (κ3) is 6.40. The minimum absolute atomic E-state index is 0. The van der Waals surface area contributed by atoms with Gasteiger partial charge in [-0.3, -0.25) is 4.79 Å². The summed E-state index contributed by atoms with van der Waals surface area (Å²) in [4.78, 5) is 11.8. The van der Waals surface area contributed by atoms with Crippen molar-refractivity contribution in [3.8, 4) is 0 Å². The molecular weight excluding hydrogens is 359 g/mol. The largest absolute Gasteiger partial charge is 0.380 e. The van der Waals surface area contributed by atoms with E-state index in [1.807, 2.05) is 24.3 Å². The average Bonchev–Trinajstić information content (AvgIpc) is 2.91. The van der Waals surface area contributed by atoms with Crippen LogP contribution in [0, 0.1) is 0 Å². The van der Waals surface area contributed by atoms with Gasteiger partial charge in [0.05, 0.1) is 12.5 Å². The smallest absolute Gasteiger partial charge is 0.228 e. The number of ether oxygens (including phenoxy) is 1. The number of rotatable bonds is 7. The Morgan fingerprint density at radius 2 is 2.26 bits per heavy atom. The summed E-state index contributed by atoms with van der Waals surface area (Å²) >= 11 is 7.28. The first-order chi connectivity index (χ1) is 10.6.